The second-order valence-corrected chi connectivity index (χ2v) is 5.78. The van der Waals surface area contributed by atoms with Crippen molar-refractivity contribution in [3.63, 3.8) is 0 Å². The van der Waals surface area contributed by atoms with Crippen molar-refractivity contribution in [1.29, 1.82) is 0 Å². The molecule has 0 fully saturated rings. The van der Waals surface area contributed by atoms with Gasteiger partial charge in [0.15, 0.2) is 11.5 Å². The molecule has 0 radical (unpaired) electrons. The lowest BCUT2D eigenvalue weighted by molar-refractivity contribution is -0.137. The van der Waals surface area contributed by atoms with Crippen LogP contribution in [0.5, 0.6) is 11.5 Å². The van der Waals surface area contributed by atoms with E-state index in [-0.39, 0.29) is 5.97 Å². The molecule has 0 saturated heterocycles. The third-order valence-electron chi connectivity index (χ3n) is 3.84. The normalized spacial score (nSPS) is 10.7. The smallest absolute Gasteiger partial charge is 0.330 e. The van der Waals surface area contributed by atoms with Gasteiger partial charge in [-0.1, -0.05) is 37.6 Å². The number of hydrogen-bond donors (Lipinski definition) is 0. The van der Waals surface area contributed by atoms with Crippen LogP contribution in [0.4, 0.5) is 0 Å². The van der Waals surface area contributed by atoms with E-state index in [4.69, 9.17) is 14.2 Å². The zero-order valence-corrected chi connectivity index (χ0v) is 15.7. The highest BCUT2D eigenvalue weighted by Crippen LogP contribution is 2.33. The molecule has 2 rings (SSSR count). The molecule has 0 heterocycles. The number of methoxy groups -OCH3 is 1. The van der Waals surface area contributed by atoms with Gasteiger partial charge in [0.25, 0.3) is 0 Å². The SMILES string of the molecule is CCCCOc1ccc(-c2cccc(C=CC(=O)OCC)c2)cc1OC. The third kappa shape index (κ3) is 5.66. The molecule has 0 spiro atoms. The molecule has 0 bridgehead atoms. The molecule has 4 nitrogen and oxygen atoms in total. The molecule has 0 N–H and O–H groups in total. The first-order chi connectivity index (χ1) is 12.7. The predicted molar refractivity (Wildman–Crippen MR) is 105 cm³/mol. The first kappa shape index (κ1) is 19.6. The molecule has 0 aromatic heterocycles. The average molecular weight is 354 g/mol. The Hall–Kier alpha value is -2.75. The zero-order chi connectivity index (χ0) is 18.8. The Morgan fingerprint density at radius 2 is 1.85 bits per heavy atom. The first-order valence-electron chi connectivity index (χ1n) is 8.94. The summed E-state index contributed by atoms with van der Waals surface area (Å²) in [6.07, 6.45) is 5.29. The Bertz CT molecular complexity index is 750. The van der Waals surface area contributed by atoms with Gasteiger partial charge < -0.3 is 14.2 Å². The van der Waals surface area contributed by atoms with Crippen molar-refractivity contribution in [2.75, 3.05) is 20.3 Å². The quantitative estimate of drug-likeness (QED) is 0.356. The molecule has 0 saturated carbocycles. The Balaban J connectivity index is 2.20. The van der Waals surface area contributed by atoms with Crippen LogP contribution in [0.3, 0.4) is 0 Å². The third-order valence-corrected chi connectivity index (χ3v) is 3.84. The van der Waals surface area contributed by atoms with Crippen LogP contribution in [0, 0.1) is 0 Å². The van der Waals surface area contributed by atoms with Gasteiger partial charge in [-0.05, 0) is 54.3 Å². The molecule has 0 aliphatic rings. The monoisotopic (exact) mass is 354 g/mol. The second-order valence-electron chi connectivity index (χ2n) is 5.78. The van der Waals surface area contributed by atoms with Gasteiger partial charge in [0, 0.05) is 6.08 Å². The maximum Gasteiger partial charge on any atom is 0.330 e. The molecule has 26 heavy (non-hydrogen) atoms. The summed E-state index contributed by atoms with van der Waals surface area (Å²) in [5.74, 6) is 1.13. The summed E-state index contributed by atoms with van der Waals surface area (Å²) in [4.78, 5) is 11.5. The molecule has 4 heteroatoms. The van der Waals surface area contributed by atoms with Crippen molar-refractivity contribution in [3.8, 4) is 22.6 Å². The van der Waals surface area contributed by atoms with Gasteiger partial charge in [-0.15, -0.1) is 0 Å². The van der Waals surface area contributed by atoms with Gasteiger partial charge in [0.2, 0.25) is 0 Å². The van der Waals surface area contributed by atoms with E-state index in [1.165, 1.54) is 6.08 Å². The van der Waals surface area contributed by atoms with Gasteiger partial charge in [-0.3, -0.25) is 0 Å². The molecule has 0 unspecified atom stereocenters. The van der Waals surface area contributed by atoms with Crippen LogP contribution in [0.25, 0.3) is 17.2 Å². The summed E-state index contributed by atoms with van der Waals surface area (Å²) in [6, 6.07) is 13.9. The Labute approximate surface area is 155 Å². The minimum atomic E-state index is -0.340. The second kappa shape index (κ2) is 10.3. The van der Waals surface area contributed by atoms with Gasteiger partial charge in [0.05, 0.1) is 20.3 Å². The fourth-order valence-electron chi connectivity index (χ4n) is 2.47. The fraction of sp³-hybridized carbons (Fsp3) is 0.318. The van der Waals surface area contributed by atoms with Crippen LogP contribution in [-0.2, 0) is 9.53 Å². The molecule has 0 amide bonds. The van der Waals surface area contributed by atoms with E-state index in [0.29, 0.717) is 19.0 Å². The molecular formula is C22H26O4. The number of hydrogen-bond acceptors (Lipinski definition) is 4. The van der Waals surface area contributed by atoms with Gasteiger partial charge in [0.1, 0.15) is 0 Å². The fourth-order valence-corrected chi connectivity index (χ4v) is 2.47. The lowest BCUT2D eigenvalue weighted by atomic mass is 10.0. The van der Waals surface area contributed by atoms with Gasteiger partial charge in [-0.2, -0.15) is 0 Å². The van der Waals surface area contributed by atoms with E-state index in [0.717, 1.165) is 35.3 Å². The molecule has 2 aromatic carbocycles. The van der Waals surface area contributed by atoms with Crippen LogP contribution in [0.2, 0.25) is 0 Å². The molecular weight excluding hydrogens is 328 g/mol. The number of carbonyl (C=O) groups excluding carboxylic acids is 1. The topological polar surface area (TPSA) is 44.8 Å². The van der Waals surface area contributed by atoms with Crippen LogP contribution in [0.15, 0.2) is 48.5 Å². The standard InChI is InChI=1S/C22H26O4/c1-4-6-14-26-20-12-11-19(16-21(20)24-3)18-9-7-8-17(15-18)10-13-22(23)25-5-2/h7-13,15-16H,4-6,14H2,1-3H3. The van der Waals surface area contributed by atoms with E-state index >= 15 is 0 Å². The van der Waals surface area contributed by atoms with Gasteiger partial charge >= 0.3 is 5.97 Å². The van der Waals surface area contributed by atoms with Crippen molar-refractivity contribution < 1.29 is 19.0 Å². The number of benzene rings is 2. The molecule has 0 aliphatic carbocycles. The summed E-state index contributed by atoms with van der Waals surface area (Å²) in [5, 5.41) is 0. The molecule has 0 aliphatic heterocycles. The van der Waals surface area contributed by atoms with Crippen molar-refractivity contribution in [3.05, 3.63) is 54.1 Å². The maximum absolute atomic E-state index is 11.5. The number of unbranched alkanes of at least 4 members (excludes halogenated alkanes) is 1. The largest absolute Gasteiger partial charge is 0.493 e. The Morgan fingerprint density at radius 1 is 1.04 bits per heavy atom. The van der Waals surface area contributed by atoms with Crippen LogP contribution < -0.4 is 9.47 Å². The predicted octanol–water partition coefficient (Wildman–Crippen LogP) is 5.12. The Morgan fingerprint density at radius 3 is 2.58 bits per heavy atom. The molecule has 0 atom stereocenters. The average Bonchev–Trinajstić information content (AvgIpc) is 2.67. The number of esters is 1. The van der Waals surface area contributed by atoms with Gasteiger partial charge in [-0.25, -0.2) is 4.79 Å². The number of ether oxygens (including phenoxy) is 3. The van der Waals surface area contributed by atoms with Crippen molar-refractivity contribution in [2.24, 2.45) is 0 Å². The summed E-state index contributed by atoms with van der Waals surface area (Å²) >= 11 is 0. The summed E-state index contributed by atoms with van der Waals surface area (Å²) in [6.45, 7) is 4.97. The summed E-state index contributed by atoms with van der Waals surface area (Å²) < 4.78 is 16.2. The highest BCUT2D eigenvalue weighted by Gasteiger charge is 2.07. The first-order valence-corrected chi connectivity index (χ1v) is 8.94. The van der Waals surface area contributed by atoms with E-state index in [2.05, 4.69) is 6.92 Å². The van der Waals surface area contributed by atoms with Crippen molar-refractivity contribution in [2.45, 2.75) is 26.7 Å². The number of carbonyl (C=O) groups is 1. The highest BCUT2D eigenvalue weighted by atomic mass is 16.5. The van der Waals surface area contributed by atoms with E-state index in [9.17, 15) is 4.79 Å². The maximum atomic E-state index is 11.5. The lowest BCUT2D eigenvalue weighted by Gasteiger charge is -2.12. The van der Waals surface area contributed by atoms with Crippen LogP contribution in [-0.4, -0.2) is 26.3 Å². The Kier molecular flexibility index (Phi) is 7.75. The highest BCUT2D eigenvalue weighted by molar-refractivity contribution is 5.87. The summed E-state index contributed by atoms with van der Waals surface area (Å²) in [5.41, 5.74) is 2.99. The van der Waals surface area contributed by atoms with Crippen molar-refractivity contribution >= 4 is 12.0 Å². The van der Waals surface area contributed by atoms with E-state index in [1.54, 1.807) is 20.1 Å². The molecule has 2 aromatic rings. The van der Waals surface area contributed by atoms with E-state index in [1.807, 2.05) is 42.5 Å². The van der Waals surface area contributed by atoms with Crippen LogP contribution in [0.1, 0.15) is 32.3 Å². The zero-order valence-electron chi connectivity index (χ0n) is 15.7. The minimum absolute atomic E-state index is 0.340. The lowest BCUT2D eigenvalue weighted by Crippen LogP contribution is -1.99. The number of rotatable bonds is 9. The van der Waals surface area contributed by atoms with Crippen molar-refractivity contribution in [1.82, 2.24) is 0 Å². The molecule has 138 valence electrons. The van der Waals surface area contributed by atoms with Crippen LogP contribution >= 0.6 is 0 Å². The van der Waals surface area contributed by atoms with E-state index < -0.39 is 0 Å². The minimum Gasteiger partial charge on any atom is -0.493 e. The summed E-state index contributed by atoms with van der Waals surface area (Å²) in [7, 11) is 1.64.